The zero-order chi connectivity index (χ0) is 19.4. The molecule has 0 fully saturated rings. The van der Waals surface area contributed by atoms with Crippen molar-refractivity contribution >= 4 is 46.7 Å². The lowest BCUT2D eigenvalue weighted by atomic mass is 10.2. The van der Waals surface area contributed by atoms with Crippen LogP contribution in [0.25, 0.3) is 0 Å². The van der Waals surface area contributed by atoms with Crippen molar-refractivity contribution in [2.45, 2.75) is 0 Å². The molecule has 1 aliphatic heterocycles. The number of hydrogen-bond donors (Lipinski definition) is 1. The highest BCUT2D eigenvalue weighted by Gasteiger charge is 2.25. The van der Waals surface area contributed by atoms with Gasteiger partial charge in [0.25, 0.3) is 17.7 Å². The highest BCUT2D eigenvalue weighted by atomic mass is 35.5. The number of ether oxygens (including phenoxy) is 1. The normalized spacial score (nSPS) is 13.0. The summed E-state index contributed by atoms with van der Waals surface area (Å²) in [6.07, 6.45) is 2.29. The third kappa shape index (κ3) is 4.39. The van der Waals surface area contributed by atoms with Crippen molar-refractivity contribution in [2.24, 2.45) is 0 Å². The van der Waals surface area contributed by atoms with Crippen LogP contribution in [0.1, 0.15) is 10.4 Å². The first-order valence-corrected chi connectivity index (χ1v) is 8.20. The Kier molecular flexibility index (Phi) is 5.33. The average Bonchev–Trinajstić information content (AvgIpc) is 3.00. The number of carbonyl (C=O) groups excluding carboxylic acids is 4. The van der Waals surface area contributed by atoms with E-state index < -0.39 is 30.3 Å². The van der Waals surface area contributed by atoms with Crippen molar-refractivity contribution in [3.05, 3.63) is 71.3 Å². The molecule has 0 aromatic heterocycles. The fourth-order valence-corrected chi connectivity index (χ4v) is 2.50. The Hall–Kier alpha value is -3.45. The number of carbonyl (C=O) groups is 4. The topological polar surface area (TPSA) is 92.8 Å². The summed E-state index contributed by atoms with van der Waals surface area (Å²) in [5.74, 6) is -2.26. The molecule has 27 heavy (non-hydrogen) atoms. The van der Waals surface area contributed by atoms with E-state index in [0.717, 1.165) is 17.1 Å². The number of amides is 3. The zero-order valence-electron chi connectivity index (χ0n) is 13.8. The van der Waals surface area contributed by atoms with Crippen molar-refractivity contribution in [2.75, 3.05) is 16.8 Å². The van der Waals surface area contributed by atoms with E-state index in [4.69, 9.17) is 16.3 Å². The highest BCUT2D eigenvalue weighted by molar-refractivity contribution is 6.30. The molecule has 3 rings (SSSR count). The van der Waals surface area contributed by atoms with Gasteiger partial charge in [-0.3, -0.25) is 14.4 Å². The monoisotopic (exact) mass is 384 g/mol. The van der Waals surface area contributed by atoms with Crippen LogP contribution in [0.2, 0.25) is 5.02 Å². The zero-order valence-corrected chi connectivity index (χ0v) is 14.6. The van der Waals surface area contributed by atoms with Gasteiger partial charge in [0, 0.05) is 22.9 Å². The molecular formula is C19H13ClN2O5. The minimum atomic E-state index is -0.754. The minimum absolute atomic E-state index is 0.110. The van der Waals surface area contributed by atoms with Gasteiger partial charge in [0.15, 0.2) is 6.61 Å². The summed E-state index contributed by atoms with van der Waals surface area (Å²) in [5, 5.41) is 3.10. The van der Waals surface area contributed by atoms with Crippen LogP contribution in [-0.2, 0) is 19.1 Å². The van der Waals surface area contributed by atoms with E-state index in [1.165, 1.54) is 24.3 Å². The molecule has 0 unspecified atom stereocenters. The van der Waals surface area contributed by atoms with E-state index in [1.54, 1.807) is 24.3 Å². The Bertz CT molecular complexity index is 935. The Labute approximate surface area is 159 Å². The number of anilines is 2. The first-order valence-electron chi connectivity index (χ1n) is 7.83. The summed E-state index contributed by atoms with van der Waals surface area (Å²) in [6.45, 7) is -0.491. The third-order valence-corrected chi connectivity index (χ3v) is 3.86. The van der Waals surface area contributed by atoms with Gasteiger partial charge in [0.05, 0.1) is 11.3 Å². The van der Waals surface area contributed by atoms with Crippen molar-refractivity contribution in [1.82, 2.24) is 0 Å². The van der Waals surface area contributed by atoms with Gasteiger partial charge in [-0.05, 0) is 42.5 Å². The smallest absolute Gasteiger partial charge is 0.338 e. The number of nitrogens with zero attached hydrogens (tertiary/aromatic N) is 1. The summed E-state index contributed by atoms with van der Waals surface area (Å²) in [4.78, 5) is 48.4. The maximum Gasteiger partial charge on any atom is 0.338 e. The number of benzene rings is 2. The molecule has 0 bridgehead atoms. The number of rotatable bonds is 5. The van der Waals surface area contributed by atoms with Crippen LogP contribution in [0.3, 0.4) is 0 Å². The predicted molar refractivity (Wildman–Crippen MR) is 98.4 cm³/mol. The Morgan fingerprint density at radius 3 is 2.33 bits per heavy atom. The van der Waals surface area contributed by atoms with Gasteiger partial charge in [0.2, 0.25) is 0 Å². The second kappa shape index (κ2) is 7.84. The average molecular weight is 385 g/mol. The van der Waals surface area contributed by atoms with Gasteiger partial charge >= 0.3 is 5.97 Å². The molecule has 0 radical (unpaired) electrons. The maximum atomic E-state index is 12.2. The summed E-state index contributed by atoms with van der Waals surface area (Å²) in [6, 6.07) is 12.3. The molecular weight excluding hydrogens is 372 g/mol. The molecule has 0 spiro atoms. The van der Waals surface area contributed by atoms with Gasteiger partial charge in [-0.15, -0.1) is 0 Å². The highest BCUT2D eigenvalue weighted by Crippen LogP contribution is 2.20. The molecule has 7 nitrogen and oxygen atoms in total. The van der Waals surface area contributed by atoms with Gasteiger partial charge in [-0.25, -0.2) is 9.69 Å². The predicted octanol–water partition coefficient (Wildman–Crippen LogP) is 2.56. The standard InChI is InChI=1S/C19H13ClN2O5/c20-13-4-6-14(7-5-13)21-16(23)11-27-19(26)12-2-1-3-15(10-12)22-17(24)8-9-18(22)25/h1-10H,11H2,(H,21,23). The molecule has 0 saturated carbocycles. The second-order valence-electron chi connectivity index (χ2n) is 5.53. The van der Waals surface area contributed by atoms with E-state index in [1.807, 2.05) is 0 Å². The van der Waals surface area contributed by atoms with E-state index in [0.29, 0.717) is 10.7 Å². The van der Waals surface area contributed by atoms with Crippen molar-refractivity contribution < 1.29 is 23.9 Å². The second-order valence-corrected chi connectivity index (χ2v) is 5.96. The summed E-state index contributed by atoms with van der Waals surface area (Å²) >= 11 is 5.77. The van der Waals surface area contributed by atoms with Gasteiger partial charge in [-0.1, -0.05) is 17.7 Å². The molecule has 8 heteroatoms. The molecule has 0 atom stereocenters. The van der Waals surface area contributed by atoms with Crippen LogP contribution < -0.4 is 10.2 Å². The molecule has 1 heterocycles. The molecule has 3 amide bonds. The molecule has 1 aliphatic rings. The molecule has 0 aliphatic carbocycles. The number of esters is 1. The number of hydrogen-bond acceptors (Lipinski definition) is 5. The first kappa shape index (κ1) is 18.3. The SMILES string of the molecule is O=C(COC(=O)c1cccc(N2C(=O)C=CC2=O)c1)Nc1ccc(Cl)cc1. The molecule has 136 valence electrons. The first-order chi connectivity index (χ1) is 12.9. The van der Waals surface area contributed by atoms with Gasteiger partial charge in [-0.2, -0.15) is 0 Å². The Balaban J connectivity index is 1.60. The van der Waals surface area contributed by atoms with Crippen molar-refractivity contribution in [3.8, 4) is 0 Å². The summed E-state index contributed by atoms with van der Waals surface area (Å²) in [7, 11) is 0. The van der Waals surface area contributed by atoms with Crippen LogP contribution in [0.5, 0.6) is 0 Å². The number of nitrogens with one attached hydrogen (secondary N) is 1. The lowest BCUT2D eigenvalue weighted by Gasteiger charge is -2.14. The molecule has 0 saturated heterocycles. The van der Waals surface area contributed by atoms with Crippen LogP contribution in [0, 0.1) is 0 Å². The fraction of sp³-hybridized carbons (Fsp3) is 0.0526. The number of halogens is 1. The molecule has 2 aromatic carbocycles. The van der Waals surface area contributed by atoms with Crippen molar-refractivity contribution in [1.29, 1.82) is 0 Å². The number of imide groups is 1. The van der Waals surface area contributed by atoms with E-state index >= 15 is 0 Å². The van der Waals surface area contributed by atoms with Gasteiger partial charge in [0.1, 0.15) is 0 Å². The van der Waals surface area contributed by atoms with E-state index in [2.05, 4.69) is 5.32 Å². The Morgan fingerprint density at radius 1 is 1.00 bits per heavy atom. The fourth-order valence-electron chi connectivity index (χ4n) is 2.37. The van der Waals surface area contributed by atoms with Crippen LogP contribution in [0.15, 0.2) is 60.7 Å². The Morgan fingerprint density at radius 2 is 1.67 bits per heavy atom. The lowest BCUT2D eigenvalue weighted by molar-refractivity contribution is -0.120. The molecule has 2 aromatic rings. The van der Waals surface area contributed by atoms with Crippen LogP contribution in [-0.4, -0.2) is 30.3 Å². The van der Waals surface area contributed by atoms with Gasteiger partial charge < -0.3 is 10.1 Å². The largest absolute Gasteiger partial charge is 0.452 e. The van der Waals surface area contributed by atoms with Crippen molar-refractivity contribution in [3.63, 3.8) is 0 Å². The molecule has 1 N–H and O–H groups in total. The minimum Gasteiger partial charge on any atom is -0.452 e. The van der Waals surface area contributed by atoms with Crippen LogP contribution >= 0.6 is 11.6 Å². The lowest BCUT2D eigenvalue weighted by Crippen LogP contribution is -2.29. The third-order valence-electron chi connectivity index (χ3n) is 3.61. The van der Waals surface area contributed by atoms with E-state index in [-0.39, 0.29) is 11.3 Å². The summed E-state index contributed by atoms with van der Waals surface area (Å²) in [5.41, 5.74) is 0.871. The maximum absolute atomic E-state index is 12.2. The van der Waals surface area contributed by atoms with Crippen LogP contribution in [0.4, 0.5) is 11.4 Å². The van der Waals surface area contributed by atoms with E-state index in [9.17, 15) is 19.2 Å². The quantitative estimate of drug-likeness (QED) is 0.631. The summed E-state index contributed by atoms with van der Waals surface area (Å²) < 4.78 is 4.98.